The van der Waals surface area contributed by atoms with Crippen LogP contribution in [-0.2, 0) is 0 Å². The van der Waals surface area contributed by atoms with Crippen molar-refractivity contribution in [2.75, 3.05) is 5.73 Å². The molecular weight excluding hydrogens is 217 g/mol. The molecule has 2 aromatic rings. The van der Waals surface area contributed by atoms with Gasteiger partial charge in [0.1, 0.15) is 5.82 Å². The van der Waals surface area contributed by atoms with Gasteiger partial charge in [-0.3, -0.25) is 4.79 Å². The molecule has 0 atom stereocenters. The normalized spacial score (nSPS) is 10.2. The van der Waals surface area contributed by atoms with Crippen molar-refractivity contribution < 1.29 is 9.18 Å². The standard InChI is InChI=1S/C14H12FNO/c1-9-12(3-2-4-13(9)16)14(17)10-5-7-11(15)8-6-10/h2-8H,16H2,1H3. The zero-order valence-corrected chi connectivity index (χ0v) is 9.41. The number of anilines is 1. The molecule has 17 heavy (non-hydrogen) atoms. The van der Waals surface area contributed by atoms with E-state index >= 15 is 0 Å². The van der Waals surface area contributed by atoms with Crippen LogP contribution >= 0.6 is 0 Å². The average Bonchev–Trinajstić information content (AvgIpc) is 2.33. The van der Waals surface area contributed by atoms with Gasteiger partial charge in [-0.05, 0) is 42.8 Å². The van der Waals surface area contributed by atoms with Gasteiger partial charge in [0.25, 0.3) is 0 Å². The number of halogens is 1. The number of benzene rings is 2. The molecule has 0 spiro atoms. The van der Waals surface area contributed by atoms with Crippen LogP contribution in [0.25, 0.3) is 0 Å². The molecule has 0 aromatic heterocycles. The Labute approximate surface area is 98.9 Å². The second kappa shape index (κ2) is 4.37. The number of nitrogen functional groups attached to an aromatic ring is 1. The molecule has 0 fully saturated rings. The van der Waals surface area contributed by atoms with Gasteiger partial charge in [-0.1, -0.05) is 12.1 Å². The van der Waals surface area contributed by atoms with Crippen molar-refractivity contribution in [3.63, 3.8) is 0 Å². The Kier molecular flexibility index (Phi) is 2.91. The Morgan fingerprint density at radius 2 is 1.76 bits per heavy atom. The average molecular weight is 229 g/mol. The summed E-state index contributed by atoms with van der Waals surface area (Å²) < 4.78 is 12.8. The van der Waals surface area contributed by atoms with E-state index < -0.39 is 0 Å². The van der Waals surface area contributed by atoms with E-state index in [1.807, 2.05) is 0 Å². The highest BCUT2D eigenvalue weighted by Gasteiger charge is 2.12. The summed E-state index contributed by atoms with van der Waals surface area (Å²) in [6.07, 6.45) is 0. The number of hydrogen-bond acceptors (Lipinski definition) is 2. The van der Waals surface area contributed by atoms with E-state index in [-0.39, 0.29) is 11.6 Å². The molecule has 2 N–H and O–H groups in total. The zero-order valence-electron chi connectivity index (χ0n) is 9.41. The first-order valence-corrected chi connectivity index (χ1v) is 5.25. The molecule has 0 saturated carbocycles. The molecule has 86 valence electrons. The Morgan fingerprint density at radius 3 is 2.41 bits per heavy atom. The lowest BCUT2D eigenvalue weighted by molar-refractivity contribution is 0.103. The molecule has 0 saturated heterocycles. The fourth-order valence-electron chi connectivity index (χ4n) is 1.66. The summed E-state index contributed by atoms with van der Waals surface area (Å²) in [7, 11) is 0. The van der Waals surface area contributed by atoms with Crippen molar-refractivity contribution >= 4 is 11.5 Å². The highest BCUT2D eigenvalue weighted by Crippen LogP contribution is 2.19. The van der Waals surface area contributed by atoms with Crippen molar-refractivity contribution in [1.82, 2.24) is 0 Å². The molecule has 0 radical (unpaired) electrons. The molecule has 0 aliphatic heterocycles. The maximum Gasteiger partial charge on any atom is 0.193 e. The summed E-state index contributed by atoms with van der Waals surface area (Å²) in [6.45, 7) is 1.80. The summed E-state index contributed by atoms with van der Waals surface area (Å²) in [5.74, 6) is -0.499. The second-order valence-corrected chi connectivity index (χ2v) is 3.86. The third kappa shape index (κ3) is 2.18. The predicted octanol–water partition coefficient (Wildman–Crippen LogP) is 2.95. The highest BCUT2D eigenvalue weighted by molar-refractivity contribution is 6.10. The molecule has 2 nitrogen and oxygen atoms in total. The van der Waals surface area contributed by atoms with Crippen molar-refractivity contribution in [1.29, 1.82) is 0 Å². The van der Waals surface area contributed by atoms with Crippen LogP contribution in [0.3, 0.4) is 0 Å². The molecule has 2 aromatic carbocycles. The Morgan fingerprint density at radius 1 is 1.12 bits per heavy atom. The Hall–Kier alpha value is -2.16. The van der Waals surface area contributed by atoms with Gasteiger partial charge in [-0.25, -0.2) is 4.39 Å². The van der Waals surface area contributed by atoms with Crippen LogP contribution < -0.4 is 5.73 Å². The molecule has 0 amide bonds. The maximum absolute atomic E-state index is 12.8. The quantitative estimate of drug-likeness (QED) is 0.635. The van der Waals surface area contributed by atoms with E-state index in [1.54, 1.807) is 25.1 Å². The SMILES string of the molecule is Cc1c(N)cccc1C(=O)c1ccc(F)cc1. The van der Waals surface area contributed by atoms with E-state index in [0.29, 0.717) is 16.8 Å². The van der Waals surface area contributed by atoms with Gasteiger partial charge in [0.05, 0.1) is 0 Å². The monoisotopic (exact) mass is 229 g/mol. The van der Waals surface area contributed by atoms with Crippen LogP contribution in [-0.4, -0.2) is 5.78 Å². The lowest BCUT2D eigenvalue weighted by Gasteiger charge is -2.07. The summed E-state index contributed by atoms with van der Waals surface area (Å²) in [6, 6.07) is 10.7. The number of carbonyl (C=O) groups excluding carboxylic acids is 1. The minimum atomic E-state index is -0.356. The fraction of sp³-hybridized carbons (Fsp3) is 0.0714. The third-order valence-electron chi connectivity index (χ3n) is 2.73. The largest absolute Gasteiger partial charge is 0.398 e. The van der Waals surface area contributed by atoms with Gasteiger partial charge in [-0.2, -0.15) is 0 Å². The summed E-state index contributed by atoms with van der Waals surface area (Å²) >= 11 is 0. The van der Waals surface area contributed by atoms with Crippen molar-refractivity contribution in [3.8, 4) is 0 Å². The zero-order chi connectivity index (χ0) is 12.4. The lowest BCUT2D eigenvalue weighted by Crippen LogP contribution is -2.05. The van der Waals surface area contributed by atoms with Gasteiger partial charge in [0, 0.05) is 16.8 Å². The van der Waals surface area contributed by atoms with Gasteiger partial charge >= 0.3 is 0 Å². The second-order valence-electron chi connectivity index (χ2n) is 3.86. The summed E-state index contributed by atoms with van der Waals surface area (Å²) in [5.41, 5.74) is 8.09. The van der Waals surface area contributed by atoms with Gasteiger partial charge < -0.3 is 5.73 Å². The topological polar surface area (TPSA) is 43.1 Å². The van der Waals surface area contributed by atoms with Crippen LogP contribution in [0.1, 0.15) is 21.5 Å². The van der Waals surface area contributed by atoms with Gasteiger partial charge in [0.2, 0.25) is 0 Å². The van der Waals surface area contributed by atoms with Crippen LogP contribution in [0.5, 0.6) is 0 Å². The predicted molar refractivity (Wildman–Crippen MR) is 65.4 cm³/mol. The summed E-state index contributed by atoms with van der Waals surface area (Å²) in [5, 5.41) is 0. The minimum Gasteiger partial charge on any atom is -0.398 e. The Balaban J connectivity index is 2.44. The van der Waals surface area contributed by atoms with Crippen molar-refractivity contribution in [2.45, 2.75) is 6.92 Å². The van der Waals surface area contributed by atoms with Crippen LogP contribution in [0.2, 0.25) is 0 Å². The first-order chi connectivity index (χ1) is 8.09. The van der Waals surface area contributed by atoms with Crippen LogP contribution in [0.4, 0.5) is 10.1 Å². The summed E-state index contributed by atoms with van der Waals surface area (Å²) in [4.78, 5) is 12.2. The van der Waals surface area contributed by atoms with Gasteiger partial charge in [-0.15, -0.1) is 0 Å². The third-order valence-corrected chi connectivity index (χ3v) is 2.73. The van der Waals surface area contributed by atoms with Crippen molar-refractivity contribution in [3.05, 3.63) is 65.0 Å². The van der Waals surface area contributed by atoms with Crippen molar-refractivity contribution in [2.24, 2.45) is 0 Å². The number of rotatable bonds is 2. The maximum atomic E-state index is 12.8. The van der Waals surface area contributed by atoms with E-state index in [0.717, 1.165) is 5.56 Å². The molecule has 0 aliphatic carbocycles. The van der Waals surface area contributed by atoms with E-state index in [9.17, 15) is 9.18 Å². The van der Waals surface area contributed by atoms with E-state index in [1.165, 1.54) is 24.3 Å². The number of ketones is 1. The van der Waals surface area contributed by atoms with Crippen LogP contribution in [0.15, 0.2) is 42.5 Å². The molecule has 0 aliphatic rings. The molecule has 0 heterocycles. The molecular formula is C14H12FNO. The van der Waals surface area contributed by atoms with Crippen LogP contribution in [0, 0.1) is 12.7 Å². The smallest absolute Gasteiger partial charge is 0.193 e. The number of carbonyl (C=O) groups is 1. The molecule has 3 heteroatoms. The fourth-order valence-corrected chi connectivity index (χ4v) is 1.66. The highest BCUT2D eigenvalue weighted by atomic mass is 19.1. The van der Waals surface area contributed by atoms with E-state index in [4.69, 9.17) is 5.73 Å². The molecule has 0 unspecified atom stereocenters. The molecule has 2 rings (SSSR count). The lowest BCUT2D eigenvalue weighted by atomic mass is 9.98. The number of nitrogens with two attached hydrogens (primary N) is 1. The first kappa shape index (κ1) is 11.3. The van der Waals surface area contributed by atoms with E-state index in [2.05, 4.69) is 0 Å². The van der Waals surface area contributed by atoms with Gasteiger partial charge in [0.15, 0.2) is 5.78 Å². The molecule has 0 bridgehead atoms. The minimum absolute atomic E-state index is 0.144. The Bertz CT molecular complexity index is 561. The first-order valence-electron chi connectivity index (χ1n) is 5.25. The number of hydrogen-bond donors (Lipinski definition) is 1.